The van der Waals surface area contributed by atoms with E-state index in [1.807, 2.05) is 30.3 Å². The van der Waals surface area contributed by atoms with E-state index < -0.39 is 17.5 Å². The standard InChI is InChI=1S/C29H29Cl2N9O2/c30-21-10-11-24(40-16-26(31)35-37-40)22(13-21)23-14-27(41)39(18-32-23)25(12-19-6-2-1-3-7-19)28(42)34-29-33-17-38(36-29)15-20-8-4-5-9-20/h1-3,6-7,10-11,13-14,16-18,20,25,35,37H,4-5,8-9,12,15H2,(H,34,36,42)/t25-/m0/s1. The van der Waals surface area contributed by atoms with Gasteiger partial charge >= 0.3 is 0 Å². The summed E-state index contributed by atoms with van der Waals surface area (Å²) in [5, 5.41) is 9.80. The zero-order valence-electron chi connectivity index (χ0n) is 22.6. The molecule has 3 heterocycles. The number of amides is 1. The third-order valence-corrected chi connectivity index (χ3v) is 7.90. The molecule has 1 atom stereocenters. The Morgan fingerprint density at radius 2 is 1.86 bits per heavy atom. The Hall–Kier alpha value is -4.19. The van der Waals surface area contributed by atoms with Gasteiger partial charge in [-0.15, -0.1) is 10.6 Å². The Morgan fingerprint density at radius 1 is 1.05 bits per heavy atom. The van der Waals surface area contributed by atoms with Crippen molar-refractivity contribution >= 4 is 40.7 Å². The van der Waals surface area contributed by atoms with Crippen LogP contribution < -0.4 is 26.8 Å². The topological polar surface area (TPSA) is 122 Å². The van der Waals surface area contributed by atoms with E-state index in [9.17, 15) is 9.59 Å². The molecule has 42 heavy (non-hydrogen) atoms. The van der Waals surface area contributed by atoms with Gasteiger partial charge in [-0.05, 0) is 42.5 Å². The predicted octanol–water partition coefficient (Wildman–Crippen LogP) is 4.63. The molecule has 0 unspecified atom stereocenters. The summed E-state index contributed by atoms with van der Waals surface area (Å²) in [4.78, 5) is 36.1. The van der Waals surface area contributed by atoms with Crippen LogP contribution in [0.5, 0.6) is 0 Å². The van der Waals surface area contributed by atoms with Crippen molar-refractivity contribution in [3.63, 3.8) is 0 Å². The van der Waals surface area contributed by atoms with Crippen LogP contribution in [0.1, 0.15) is 37.3 Å². The summed E-state index contributed by atoms with van der Waals surface area (Å²) in [6, 6.07) is 15.2. The Morgan fingerprint density at radius 3 is 2.60 bits per heavy atom. The van der Waals surface area contributed by atoms with Gasteiger partial charge in [0, 0.05) is 29.6 Å². The number of benzene rings is 2. The predicted molar refractivity (Wildman–Crippen MR) is 161 cm³/mol. The number of carbonyl (C=O) groups excluding carboxylic acids is 1. The molecule has 2 aromatic heterocycles. The van der Waals surface area contributed by atoms with Crippen molar-refractivity contribution in [1.29, 1.82) is 0 Å². The molecule has 6 rings (SSSR count). The van der Waals surface area contributed by atoms with E-state index in [2.05, 4.69) is 31.3 Å². The van der Waals surface area contributed by atoms with Crippen LogP contribution in [0.15, 0.2) is 83.4 Å². The van der Waals surface area contributed by atoms with Crippen LogP contribution in [0.2, 0.25) is 5.02 Å². The number of nitrogens with zero attached hydrogens (tertiary/aromatic N) is 6. The molecular formula is C29H29Cl2N9O2. The molecule has 1 aliphatic carbocycles. The number of hydrazine groups is 2. The second kappa shape index (κ2) is 12.4. The van der Waals surface area contributed by atoms with E-state index >= 15 is 0 Å². The van der Waals surface area contributed by atoms with Crippen molar-refractivity contribution in [2.45, 2.75) is 44.7 Å². The van der Waals surface area contributed by atoms with E-state index in [0.29, 0.717) is 33.0 Å². The number of hydrogen-bond donors (Lipinski definition) is 3. The molecule has 3 N–H and O–H groups in total. The molecule has 0 saturated heterocycles. The summed E-state index contributed by atoms with van der Waals surface area (Å²) in [6.45, 7) is 0.775. The fourth-order valence-electron chi connectivity index (χ4n) is 5.38. The van der Waals surface area contributed by atoms with Crippen molar-refractivity contribution in [2.75, 3.05) is 10.3 Å². The summed E-state index contributed by atoms with van der Waals surface area (Å²) < 4.78 is 3.11. The highest BCUT2D eigenvalue weighted by Crippen LogP contribution is 2.32. The Labute approximate surface area is 252 Å². The lowest BCUT2D eigenvalue weighted by Gasteiger charge is -2.21. The molecule has 11 nitrogen and oxygen atoms in total. The number of anilines is 2. The van der Waals surface area contributed by atoms with Crippen molar-refractivity contribution in [2.24, 2.45) is 5.92 Å². The summed E-state index contributed by atoms with van der Waals surface area (Å²) in [5.74, 6) is 0.371. The molecule has 1 saturated carbocycles. The maximum Gasteiger partial charge on any atom is 0.254 e. The molecule has 2 aliphatic rings. The third kappa shape index (κ3) is 6.33. The Kier molecular flexibility index (Phi) is 8.22. The first kappa shape index (κ1) is 28.0. The Balaban J connectivity index is 1.29. The monoisotopic (exact) mass is 605 g/mol. The van der Waals surface area contributed by atoms with Gasteiger partial charge in [0.25, 0.3) is 5.56 Å². The maximum absolute atomic E-state index is 13.6. The van der Waals surface area contributed by atoms with Crippen LogP contribution in [0.3, 0.4) is 0 Å². The Bertz CT molecular complexity index is 1670. The van der Waals surface area contributed by atoms with E-state index in [-0.39, 0.29) is 12.4 Å². The smallest absolute Gasteiger partial charge is 0.254 e. The van der Waals surface area contributed by atoms with Gasteiger partial charge in [0.05, 0.1) is 23.9 Å². The first-order valence-corrected chi connectivity index (χ1v) is 14.5. The molecule has 216 valence electrons. The van der Waals surface area contributed by atoms with Crippen LogP contribution in [0.25, 0.3) is 11.3 Å². The minimum Gasteiger partial charge on any atom is -0.292 e. The highest BCUT2D eigenvalue weighted by molar-refractivity contribution is 6.31. The molecule has 0 radical (unpaired) electrons. The van der Waals surface area contributed by atoms with Crippen molar-refractivity contribution in [3.05, 3.63) is 99.5 Å². The fourth-order valence-corrected chi connectivity index (χ4v) is 5.69. The minimum atomic E-state index is -0.895. The number of halogens is 2. The van der Waals surface area contributed by atoms with Gasteiger partial charge in [-0.25, -0.2) is 9.97 Å². The van der Waals surface area contributed by atoms with E-state index in [4.69, 9.17) is 23.2 Å². The average Bonchev–Trinajstić information content (AvgIpc) is 3.76. The summed E-state index contributed by atoms with van der Waals surface area (Å²) >= 11 is 12.4. The van der Waals surface area contributed by atoms with Gasteiger partial charge in [-0.2, -0.15) is 0 Å². The lowest BCUT2D eigenvalue weighted by atomic mass is 10.0. The molecule has 1 fully saturated rings. The first-order valence-electron chi connectivity index (χ1n) is 13.7. The molecule has 0 bridgehead atoms. The zero-order chi connectivity index (χ0) is 29.1. The van der Waals surface area contributed by atoms with Gasteiger partial charge in [0.2, 0.25) is 11.9 Å². The van der Waals surface area contributed by atoms with E-state index in [1.165, 1.54) is 42.6 Å². The second-order valence-corrected chi connectivity index (χ2v) is 11.2. The van der Waals surface area contributed by atoms with Crippen molar-refractivity contribution in [3.8, 4) is 11.3 Å². The van der Waals surface area contributed by atoms with Crippen LogP contribution >= 0.6 is 23.2 Å². The molecule has 0 spiro atoms. The molecular weight excluding hydrogens is 577 g/mol. The molecule has 1 amide bonds. The summed E-state index contributed by atoms with van der Waals surface area (Å²) in [7, 11) is 0. The SMILES string of the molecule is O=C(Nc1ncn(CC2CCCC2)n1)[C@H](Cc1ccccc1)n1cnc(-c2cc(Cl)ccc2N2C=C(Cl)NN2)cc1=O. The number of aromatic nitrogens is 5. The van der Waals surface area contributed by atoms with Crippen molar-refractivity contribution < 1.29 is 4.79 Å². The van der Waals surface area contributed by atoms with Crippen LogP contribution in [0, 0.1) is 5.92 Å². The highest BCUT2D eigenvalue weighted by Gasteiger charge is 2.25. The van der Waals surface area contributed by atoms with Gasteiger partial charge in [0.1, 0.15) is 17.5 Å². The fraction of sp³-hybridized carbons (Fsp3) is 0.276. The normalized spacial score (nSPS) is 15.9. The number of hydrogen-bond acceptors (Lipinski definition) is 8. The lowest BCUT2D eigenvalue weighted by molar-refractivity contribution is -0.119. The van der Waals surface area contributed by atoms with Gasteiger partial charge in [-0.1, -0.05) is 66.4 Å². The zero-order valence-corrected chi connectivity index (χ0v) is 24.1. The maximum atomic E-state index is 13.6. The van der Waals surface area contributed by atoms with Gasteiger partial charge in [0.15, 0.2) is 0 Å². The van der Waals surface area contributed by atoms with Gasteiger partial charge < -0.3 is 0 Å². The molecule has 1 aliphatic heterocycles. The van der Waals surface area contributed by atoms with E-state index in [1.54, 1.807) is 40.4 Å². The summed E-state index contributed by atoms with van der Waals surface area (Å²) in [5.41, 5.74) is 7.87. The highest BCUT2D eigenvalue weighted by atomic mass is 35.5. The average molecular weight is 607 g/mol. The number of nitrogens with one attached hydrogen (secondary N) is 3. The third-order valence-electron chi connectivity index (χ3n) is 7.47. The minimum absolute atomic E-state index is 0.204. The number of carbonyl (C=O) groups is 1. The van der Waals surface area contributed by atoms with Crippen LogP contribution in [-0.4, -0.2) is 30.2 Å². The van der Waals surface area contributed by atoms with Crippen LogP contribution in [-0.2, 0) is 17.8 Å². The molecule has 2 aromatic carbocycles. The molecule has 13 heteroatoms. The first-order chi connectivity index (χ1) is 20.4. The van der Waals surface area contributed by atoms with Crippen molar-refractivity contribution in [1.82, 2.24) is 35.3 Å². The van der Waals surface area contributed by atoms with Gasteiger partial charge in [-0.3, -0.25) is 34.6 Å². The second-order valence-electron chi connectivity index (χ2n) is 10.4. The van der Waals surface area contributed by atoms with Crippen LogP contribution in [0.4, 0.5) is 11.6 Å². The summed E-state index contributed by atoms with van der Waals surface area (Å²) in [6.07, 6.45) is 9.78. The molecule has 4 aromatic rings. The quantitative estimate of drug-likeness (QED) is 0.236. The largest absolute Gasteiger partial charge is 0.292 e. The van der Waals surface area contributed by atoms with E-state index in [0.717, 1.165) is 12.1 Å². The number of rotatable bonds is 9. The lowest BCUT2D eigenvalue weighted by Crippen LogP contribution is -2.36.